The van der Waals surface area contributed by atoms with Crippen LogP contribution in [0.1, 0.15) is 13.8 Å². The summed E-state index contributed by atoms with van der Waals surface area (Å²) in [5, 5.41) is 9.39. The molecule has 0 aliphatic heterocycles. The van der Waals surface area contributed by atoms with Gasteiger partial charge in [-0.3, -0.25) is 8.86 Å². The van der Waals surface area contributed by atoms with Gasteiger partial charge in [0.15, 0.2) is 0 Å². The van der Waals surface area contributed by atoms with Gasteiger partial charge in [0.25, 0.3) is 11.3 Å². The Morgan fingerprint density at radius 2 is 1.75 bits per heavy atom. The molecule has 2 atom stereocenters. The second-order valence-electron chi connectivity index (χ2n) is 5.64. The molecule has 0 heterocycles. The lowest BCUT2D eigenvalue weighted by molar-refractivity contribution is -0.139. The number of rotatable bonds is 6. The molecule has 2 unspecified atom stereocenters. The van der Waals surface area contributed by atoms with Crippen LogP contribution in [0.2, 0.25) is 0 Å². The lowest BCUT2D eigenvalue weighted by Gasteiger charge is -2.29. The van der Waals surface area contributed by atoms with Crippen molar-refractivity contribution in [1.82, 2.24) is 0 Å². The quantitative estimate of drug-likeness (QED) is 0.699. The van der Waals surface area contributed by atoms with Gasteiger partial charge < -0.3 is 5.11 Å². The third-order valence-electron chi connectivity index (χ3n) is 3.59. The van der Waals surface area contributed by atoms with Crippen molar-refractivity contribution in [1.29, 1.82) is 0 Å². The Labute approximate surface area is 151 Å². The van der Waals surface area contributed by atoms with Crippen molar-refractivity contribution >= 4 is 38.9 Å². The maximum Gasteiger partial charge on any atom is 0.327 e. The normalized spacial score (nSPS) is 13.5. The molecule has 7 heteroatoms. The van der Waals surface area contributed by atoms with E-state index in [9.17, 15) is 18.7 Å². The second kappa shape index (κ2) is 7.92. The van der Waals surface area contributed by atoms with Gasteiger partial charge in [-0.1, -0.05) is 54.0 Å². The lowest BCUT2D eigenvalue weighted by Crippen LogP contribution is -2.45. The first kappa shape index (κ1) is 18.6. The molecule has 128 valence electrons. The van der Waals surface area contributed by atoms with Crippen molar-refractivity contribution in [3.63, 3.8) is 0 Å². The number of aliphatic carboxylic acids is 1. The van der Waals surface area contributed by atoms with Crippen molar-refractivity contribution in [2.75, 3.05) is 4.31 Å². The number of hydrogen-bond donors (Lipinski definition) is 2. The largest absolute Gasteiger partial charge is 0.480 e. The highest BCUT2D eigenvalue weighted by atomic mass is 79.9. The molecule has 2 N–H and O–H groups in total. The summed E-state index contributed by atoms with van der Waals surface area (Å²) in [6, 6.07) is 13.6. The summed E-state index contributed by atoms with van der Waals surface area (Å²) in [5.74, 6) is -1.47. The SMILES string of the molecule is CC(C)C(C(=O)O)N(c1ccc(-c2cccc(Br)c2)cc1)S(=O)O. The van der Waals surface area contributed by atoms with E-state index in [1.807, 2.05) is 24.3 Å². The first-order valence-electron chi connectivity index (χ1n) is 7.30. The Hall–Kier alpha value is -1.70. The van der Waals surface area contributed by atoms with Gasteiger partial charge >= 0.3 is 5.97 Å². The molecule has 0 radical (unpaired) electrons. The van der Waals surface area contributed by atoms with Gasteiger partial charge in [-0.25, -0.2) is 9.00 Å². The highest BCUT2D eigenvalue weighted by Gasteiger charge is 2.32. The Balaban J connectivity index is 2.39. The van der Waals surface area contributed by atoms with E-state index in [1.165, 1.54) is 0 Å². The van der Waals surface area contributed by atoms with Crippen LogP contribution in [0, 0.1) is 5.92 Å². The van der Waals surface area contributed by atoms with Crippen LogP contribution < -0.4 is 4.31 Å². The second-order valence-corrected chi connectivity index (χ2v) is 7.41. The van der Waals surface area contributed by atoms with Crippen LogP contribution in [0.5, 0.6) is 0 Å². The van der Waals surface area contributed by atoms with E-state index in [4.69, 9.17) is 0 Å². The predicted molar refractivity (Wildman–Crippen MR) is 99.1 cm³/mol. The molecule has 5 nitrogen and oxygen atoms in total. The van der Waals surface area contributed by atoms with E-state index in [0.717, 1.165) is 19.9 Å². The van der Waals surface area contributed by atoms with Crippen molar-refractivity contribution in [3.8, 4) is 11.1 Å². The molecule has 0 aliphatic carbocycles. The van der Waals surface area contributed by atoms with Crippen LogP contribution in [-0.4, -0.2) is 25.9 Å². The molecule has 0 bridgehead atoms. The first-order valence-corrected chi connectivity index (χ1v) is 9.16. The Bertz CT molecular complexity index is 749. The molecule has 2 rings (SSSR count). The molecule has 0 spiro atoms. The van der Waals surface area contributed by atoms with Gasteiger partial charge in [-0.15, -0.1) is 0 Å². The van der Waals surface area contributed by atoms with Crippen LogP contribution in [0.15, 0.2) is 53.0 Å². The van der Waals surface area contributed by atoms with E-state index in [0.29, 0.717) is 5.69 Å². The van der Waals surface area contributed by atoms with Crippen molar-refractivity contribution < 1.29 is 18.7 Å². The summed E-state index contributed by atoms with van der Waals surface area (Å²) in [5.41, 5.74) is 2.31. The Morgan fingerprint density at radius 3 is 2.21 bits per heavy atom. The minimum atomic E-state index is -2.44. The molecule has 0 aliphatic rings. The maximum absolute atomic E-state index is 11.7. The van der Waals surface area contributed by atoms with Crippen molar-refractivity contribution in [2.24, 2.45) is 5.92 Å². The minimum Gasteiger partial charge on any atom is -0.480 e. The number of halogens is 1. The fraction of sp³-hybridized carbons (Fsp3) is 0.235. The third kappa shape index (κ3) is 4.23. The fourth-order valence-electron chi connectivity index (χ4n) is 2.47. The topological polar surface area (TPSA) is 77.8 Å². The molecular formula is C17H18BrNO4S. The van der Waals surface area contributed by atoms with Crippen molar-refractivity contribution in [3.05, 3.63) is 53.0 Å². The summed E-state index contributed by atoms with van der Waals surface area (Å²) in [6.45, 7) is 3.41. The molecular weight excluding hydrogens is 394 g/mol. The van der Waals surface area contributed by atoms with Gasteiger partial charge in [-0.2, -0.15) is 0 Å². The van der Waals surface area contributed by atoms with E-state index < -0.39 is 23.3 Å². The fourth-order valence-corrected chi connectivity index (χ4v) is 3.70. The average molecular weight is 412 g/mol. The smallest absolute Gasteiger partial charge is 0.327 e. The van der Waals surface area contributed by atoms with Gasteiger partial charge in [0, 0.05) is 4.47 Å². The highest BCUT2D eigenvalue weighted by molar-refractivity contribution is 9.10. The molecule has 2 aromatic rings. The van der Waals surface area contributed by atoms with E-state index >= 15 is 0 Å². The van der Waals surface area contributed by atoms with Gasteiger partial charge in [0.05, 0.1) is 5.69 Å². The van der Waals surface area contributed by atoms with Crippen LogP contribution in [0.3, 0.4) is 0 Å². The molecule has 24 heavy (non-hydrogen) atoms. The number of benzene rings is 2. The van der Waals surface area contributed by atoms with E-state index in [-0.39, 0.29) is 5.92 Å². The predicted octanol–water partition coefficient (Wildman–Crippen LogP) is 4.17. The standard InChI is InChI=1S/C17H18BrNO4S/c1-11(2)16(17(20)21)19(24(22)23)15-8-6-12(7-9-15)13-4-3-5-14(18)10-13/h3-11,16H,1-2H3,(H,20,21)(H,22,23). The number of carboxylic acid groups (broad SMARTS) is 1. The van der Waals surface area contributed by atoms with E-state index in [2.05, 4.69) is 15.9 Å². The maximum atomic E-state index is 11.7. The lowest BCUT2D eigenvalue weighted by atomic mass is 10.0. The third-order valence-corrected chi connectivity index (χ3v) is 4.85. The Morgan fingerprint density at radius 1 is 1.12 bits per heavy atom. The number of carboxylic acids is 1. The summed E-state index contributed by atoms with van der Waals surface area (Å²) in [7, 11) is 0. The highest BCUT2D eigenvalue weighted by Crippen LogP contribution is 2.28. The van der Waals surface area contributed by atoms with Gasteiger partial charge in [-0.05, 0) is 41.3 Å². The monoisotopic (exact) mass is 411 g/mol. The number of carbonyl (C=O) groups is 1. The zero-order chi connectivity index (χ0) is 17.9. The average Bonchev–Trinajstić information content (AvgIpc) is 2.51. The van der Waals surface area contributed by atoms with Crippen LogP contribution in [0.4, 0.5) is 5.69 Å². The number of anilines is 1. The summed E-state index contributed by atoms with van der Waals surface area (Å²) >= 11 is 0.985. The van der Waals surface area contributed by atoms with Crippen LogP contribution in [-0.2, 0) is 16.1 Å². The first-order chi connectivity index (χ1) is 11.3. The number of hydrogen-bond acceptors (Lipinski definition) is 2. The summed E-state index contributed by atoms with van der Waals surface area (Å²) < 4.78 is 23.3. The van der Waals surface area contributed by atoms with Gasteiger partial charge in [0.2, 0.25) is 0 Å². The summed E-state index contributed by atoms with van der Waals surface area (Å²) in [6.07, 6.45) is 0. The van der Waals surface area contributed by atoms with Gasteiger partial charge in [0.1, 0.15) is 6.04 Å². The minimum absolute atomic E-state index is 0.330. The molecule has 0 fully saturated rings. The summed E-state index contributed by atoms with van der Waals surface area (Å²) in [4.78, 5) is 11.5. The van der Waals surface area contributed by atoms with Crippen molar-refractivity contribution in [2.45, 2.75) is 19.9 Å². The molecule has 2 aromatic carbocycles. The zero-order valence-corrected chi connectivity index (χ0v) is 15.6. The Kier molecular flexibility index (Phi) is 6.15. The van der Waals surface area contributed by atoms with Crippen LogP contribution >= 0.6 is 15.9 Å². The number of nitrogens with zero attached hydrogens (tertiary/aromatic N) is 1. The molecule has 0 saturated carbocycles. The molecule has 0 aromatic heterocycles. The zero-order valence-electron chi connectivity index (χ0n) is 13.2. The van der Waals surface area contributed by atoms with Crippen LogP contribution in [0.25, 0.3) is 11.1 Å². The molecule has 0 amide bonds. The van der Waals surface area contributed by atoms with E-state index in [1.54, 1.807) is 38.1 Å². The molecule has 0 saturated heterocycles.